The molecule has 1 aromatic heterocycles. The van der Waals surface area contributed by atoms with Crippen LogP contribution in [0.25, 0.3) is 0 Å². The molecule has 1 fully saturated rings. The predicted molar refractivity (Wildman–Crippen MR) is 96.0 cm³/mol. The minimum atomic E-state index is -0.345. The highest BCUT2D eigenvalue weighted by atomic mass is 19.1. The number of urea groups is 1. The fraction of sp³-hybridized carbons (Fsp3) is 0.368. The van der Waals surface area contributed by atoms with E-state index in [2.05, 4.69) is 10.3 Å². The summed E-state index contributed by atoms with van der Waals surface area (Å²) in [6.45, 7) is 4.80. The molecule has 1 saturated heterocycles. The van der Waals surface area contributed by atoms with Gasteiger partial charge in [-0.2, -0.15) is 0 Å². The highest BCUT2D eigenvalue weighted by molar-refractivity contribution is 5.89. The Morgan fingerprint density at radius 1 is 1.35 bits per heavy atom. The number of likely N-dealkylation sites (tertiary alicyclic amines) is 1. The monoisotopic (exact) mass is 359 g/mol. The standard InChI is InChI=1S/C19H22FN3O3/c1-13(2)25-17-7-4-9-21-18(17)22-19(24)23-10-8-16(12-23)26-15-6-3-5-14(20)11-15/h3-7,9,11,13,16H,8,10,12H2,1-2H3,(H,21,22,24). The third-order valence-corrected chi connectivity index (χ3v) is 3.89. The minimum Gasteiger partial charge on any atom is -0.488 e. The van der Waals surface area contributed by atoms with Crippen molar-refractivity contribution in [1.29, 1.82) is 0 Å². The van der Waals surface area contributed by atoms with E-state index in [0.29, 0.717) is 36.8 Å². The first-order valence-corrected chi connectivity index (χ1v) is 8.61. The average molecular weight is 359 g/mol. The first-order chi connectivity index (χ1) is 12.5. The molecule has 2 amide bonds. The largest absolute Gasteiger partial charge is 0.488 e. The van der Waals surface area contributed by atoms with Crippen LogP contribution >= 0.6 is 0 Å². The number of rotatable bonds is 5. The van der Waals surface area contributed by atoms with Crippen LogP contribution in [0.1, 0.15) is 20.3 Å². The number of hydrogen-bond donors (Lipinski definition) is 1. The van der Waals surface area contributed by atoms with Crippen LogP contribution in [0.2, 0.25) is 0 Å². The highest BCUT2D eigenvalue weighted by Gasteiger charge is 2.28. The molecule has 2 aromatic rings. The fourth-order valence-corrected chi connectivity index (χ4v) is 2.76. The molecule has 6 nitrogen and oxygen atoms in total. The molecule has 0 aliphatic carbocycles. The summed E-state index contributed by atoms with van der Waals surface area (Å²) in [7, 11) is 0. The molecule has 1 N–H and O–H groups in total. The van der Waals surface area contributed by atoms with Crippen LogP contribution in [-0.4, -0.2) is 41.2 Å². The molecule has 3 rings (SSSR count). The lowest BCUT2D eigenvalue weighted by Gasteiger charge is -2.19. The van der Waals surface area contributed by atoms with Crippen LogP contribution in [-0.2, 0) is 0 Å². The lowest BCUT2D eigenvalue weighted by Crippen LogP contribution is -2.35. The summed E-state index contributed by atoms with van der Waals surface area (Å²) >= 11 is 0. The van der Waals surface area contributed by atoms with E-state index in [1.165, 1.54) is 12.1 Å². The van der Waals surface area contributed by atoms with Crippen LogP contribution < -0.4 is 14.8 Å². The van der Waals surface area contributed by atoms with Gasteiger partial charge in [-0.1, -0.05) is 6.07 Å². The number of hydrogen-bond acceptors (Lipinski definition) is 4. The van der Waals surface area contributed by atoms with E-state index in [1.54, 1.807) is 35.4 Å². The third-order valence-electron chi connectivity index (χ3n) is 3.89. The van der Waals surface area contributed by atoms with Crippen LogP contribution in [0, 0.1) is 5.82 Å². The number of nitrogens with one attached hydrogen (secondary N) is 1. The fourth-order valence-electron chi connectivity index (χ4n) is 2.76. The van der Waals surface area contributed by atoms with E-state index in [9.17, 15) is 9.18 Å². The second-order valence-electron chi connectivity index (χ2n) is 6.38. The molecule has 26 heavy (non-hydrogen) atoms. The van der Waals surface area contributed by atoms with Gasteiger partial charge in [-0.3, -0.25) is 5.32 Å². The Balaban J connectivity index is 1.58. The molecule has 7 heteroatoms. The Hall–Kier alpha value is -2.83. The van der Waals surface area contributed by atoms with Crippen molar-refractivity contribution in [2.75, 3.05) is 18.4 Å². The van der Waals surface area contributed by atoms with Crippen LogP contribution in [0.3, 0.4) is 0 Å². The normalized spacial score (nSPS) is 16.6. The van der Waals surface area contributed by atoms with Crippen molar-refractivity contribution >= 4 is 11.8 Å². The van der Waals surface area contributed by atoms with Gasteiger partial charge in [0.15, 0.2) is 11.6 Å². The summed E-state index contributed by atoms with van der Waals surface area (Å²) in [5.41, 5.74) is 0. The quantitative estimate of drug-likeness (QED) is 0.884. The van der Waals surface area contributed by atoms with Crippen molar-refractivity contribution < 1.29 is 18.7 Å². The van der Waals surface area contributed by atoms with E-state index in [4.69, 9.17) is 9.47 Å². The third kappa shape index (κ3) is 4.62. The van der Waals surface area contributed by atoms with Gasteiger partial charge in [0.2, 0.25) is 0 Å². The number of nitrogens with zero attached hydrogens (tertiary/aromatic N) is 2. The average Bonchev–Trinajstić information content (AvgIpc) is 3.05. The van der Waals surface area contributed by atoms with Gasteiger partial charge in [-0.05, 0) is 38.1 Å². The SMILES string of the molecule is CC(C)Oc1cccnc1NC(=O)N1CCC(Oc2cccc(F)c2)C1. The molecule has 1 aromatic carbocycles. The Morgan fingerprint density at radius 3 is 2.96 bits per heavy atom. The minimum absolute atomic E-state index is 0.0225. The highest BCUT2D eigenvalue weighted by Crippen LogP contribution is 2.24. The topological polar surface area (TPSA) is 63.7 Å². The molecule has 1 aliphatic rings. The van der Waals surface area contributed by atoms with Gasteiger partial charge in [0.05, 0.1) is 12.6 Å². The number of amides is 2. The van der Waals surface area contributed by atoms with Gasteiger partial charge in [0, 0.05) is 25.2 Å². The van der Waals surface area contributed by atoms with E-state index < -0.39 is 0 Å². The first-order valence-electron chi connectivity index (χ1n) is 8.61. The van der Waals surface area contributed by atoms with Crippen molar-refractivity contribution in [1.82, 2.24) is 9.88 Å². The lowest BCUT2D eigenvalue weighted by molar-refractivity contribution is 0.194. The number of benzene rings is 1. The zero-order valence-electron chi connectivity index (χ0n) is 14.8. The number of aromatic nitrogens is 1. The van der Waals surface area contributed by atoms with Gasteiger partial charge >= 0.3 is 6.03 Å². The summed E-state index contributed by atoms with van der Waals surface area (Å²) in [6, 6.07) is 9.27. The number of pyridine rings is 1. The van der Waals surface area contributed by atoms with Crippen molar-refractivity contribution in [3.63, 3.8) is 0 Å². The molecule has 0 radical (unpaired) electrons. The molecule has 0 spiro atoms. The number of carbonyl (C=O) groups is 1. The van der Waals surface area contributed by atoms with E-state index in [-0.39, 0.29) is 24.1 Å². The van der Waals surface area contributed by atoms with Crippen molar-refractivity contribution in [3.05, 3.63) is 48.4 Å². The number of halogens is 1. The molecule has 1 aliphatic heterocycles. The van der Waals surface area contributed by atoms with E-state index >= 15 is 0 Å². The Kier molecular flexibility index (Phi) is 5.55. The van der Waals surface area contributed by atoms with Crippen molar-refractivity contribution in [2.24, 2.45) is 0 Å². The van der Waals surface area contributed by atoms with Crippen LogP contribution in [0.4, 0.5) is 15.0 Å². The maximum atomic E-state index is 13.2. The van der Waals surface area contributed by atoms with E-state index in [0.717, 1.165) is 0 Å². The van der Waals surface area contributed by atoms with Gasteiger partial charge in [-0.25, -0.2) is 14.2 Å². The second-order valence-corrected chi connectivity index (χ2v) is 6.38. The number of ether oxygens (including phenoxy) is 2. The summed E-state index contributed by atoms with van der Waals surface area (Å²) < 4.78 is 24.7. The summed E-state index contributed by atoms with van der Waals surface area (Å²) in [5.74, 6) is 1.04. The van der Waals surface area contributed by atoms with Gasteiger partial charge in [0.25, 0.3) is 0 Å². The van der Waals surface area contributed by atoms with Gasteiger partial charge < -0.3 is 14.4 Å². The first kappa shape index (κ1) is 18.0. The van der Waals surface area contributed by atoms with Crippen LogP contribution in [0.15, 0.2) is 42.6 Å². The zero-order valence-corrected chi connectivity index (χ0v) is 14.8. The Bertz CT molecular complexity index is 769. The molecule has 1 atom stereocenters. The number of anilines is 1. The molecular formula is C19H22FN3O3. The maximum absolute atomic E-state index is 13.2. The summed E-state index contributed by atoms with van der Waals surface area (Å²) in [4.78, 5) is 18.3. The van der Waals surface area contributed by atoms with Gasteiger partial charge in [0.1, 0.15) is 17.7 Å². The molecule has 2 heterocycles. The van der Waals surface area contributed by atoms with Crippen LogP contribution in [0.5, 0.6) is 11.5 Å². The summed E-state index contributed by atoms with van der Waals surface area (Å²) in [5, 5.41) is 2.79. The zero-order chi connectivity index (χ0) is 18.5. The smallest absolute Gasteiger partial charge is 0.323 e. The van der Waals surface area contributed by atoms with Gasteiger partial charge in [-0.15, -0.1) is 0 Å². The summed E-state index contributed by atoms with van der Waals surface area (Å²) in [6.07, 6.45) is 2.09. The Labute approximate surface area is 151 Å². The lowest BCUT2D eigenvalue weighted by atomic mass is 10.3. The van der Waals surface area contributed by atoms with Crippen molar-refractivity contribution in [3.8, 4) is 11.5 Å². The molecule has 138 valence electrons. The number of carbonyl (C=O) groups excluding carboxylic acids is 1. The Morgan fingerprint density at radius 2 is 2.19 bits per heavy atom. The second kappa shape index (κ2) is 8.03. The predicted octanol–water partition coefficient (Wildman–Crippen LogP) is 3.69. The van der Waals surface area contributed by atoms with Crippen molar-refractivity contribution in [2.45, 2.75) is 32.5 Å². The van der Waals surface area contributed by atoms with E-state index in [1.807, 2.05) is 13.8 Å². The molecule has 0 saturated carbocycles. The molecular weight excluding hydrogens is 337 g/mol. The molecule has 0 bridgehead atoms. The maximum Gasteiger partial charge on any atom is 0.323 e. The molecule has 1 unspecified atom stereocenters.